The van der Waals surface area contributed by atoms with Crippen LogP contribution < -0.4 is 10.9 Å². The number of nitrogens with zero attached hydrogens (tertiary/aromatic N) is 3. The summed E-state index contributed by atoms with van der Waals surface area (Å²) in [6, 6.07) is 12.7. The topological polar surface area (TPSA) is 59.8 Å². The summed E-state index contributed by atoms with van der Waals surface area (Å²) < 4.78 is 1.18. The number of halogens is 2. The van der Waals surface area contributed by atoms with Gasteiger partial charge in [-0.2, -0.15) is 5.10 Å². The molecule has 2 heterocycles. The molecule has 0 aliphatic carbocycles. The lowest BCUT2D eigenvalue weighted by Gasteiger charge is -2.20. The third-order valence-corrected chi connectivity index (χ3v) is 4.14. The number of nitrogens with one attached hydrogen (secondary N) is 1. The summed E-state index contributed by atoms with van der Waals surface area (Å²) in [5, 5.41) is 7.95. The average Bonchev–Trinajstić information content (AvgIpc) is 2.60. The highest BCUT2D eigenvalue weighted by molar-refractivity contribution is 6.33. The standard InChI is InChI=1S/C17H14Cl2N4O/c1-23-17(24)15(19)14(10-21-23)22-16(13-7-2-3-8-20-13)11-5-4-6-12(18)9-11/h2-10,16,22H,1H3. The van der Waals surface area contributed by atoms with Gasteiger partial charge < -0.3 is 5.32 Å². The Labute approximate surface area is 148 Å². The maximum absolute atomic E-state index is 12.0. The second-order valence-electron chi connectivity index (χ2n) is 5.19. The molecular weight excluding hydrogens is 347 g/mol. The van der Waals surface area contributed by atoms with Gasteiger partial charge in [-0.25, -0.2) is 4.68 Å². The van der Waals surface area contributed by atoms with Crippen LogP contribution in [-0.4, -0.2) is 14.8 Å². The fourth-order valence-electron chi connectivity index (χ4n) is 2.33. The number of aromatic nitrogens is 3. The van der Waals surface area contributed by atoms with E-state index in [4.69, 9.17) is 23.2 Å². The molecular formula is C17H14Cl2N4O. The zero-order valence-corrected chi connectivity index (χ0v) is 14.3. The summed E-state index contributed by atoms with van der Waals surface area (Å²) in [7, 11) is 1.55. The lowest BCUT2D eigenvalue weighted by atomic mass is 10.0. The molecule has 7 heteroatoms. The second-order valence-corrected chi connectivity index (χ2v) is 6.00. The first-order valence-corrected chi connectivity index (χ1v) is 7.96. The SMILES string of the molecule is Cn1ncc(NC(c2cccc(Cl)c2)c2ccccn2)c(Cl)c1=O. The normalized spacial score (nSPS) is 12.0. The van der Waals surface area contributed by atoms with Crippen LogP contribution in [0.2, 0.25) is 10.0 Å². The molecule has 0 saturated heterocycles. The van der Waals surface area contributed by atoms with Crippen LogP contribution in [0.4, 0.5) is 5.69 Å². The molecule has 1 unspecified atom stereocenters. The van der Waals surface area contributed by atoms with Gasteiger partial charge in [0.25, 0.3) is 5.56 Å². The minimum absolute atomic E-state index is 0.0791. The predicted octanol–water partition coefficient (Wildman–Crippen LogP) is 3.68. The molecule has 24 heavy (non-hydrogen) atoms. The van der Waals surface area contributed by atoms with E-state index in [0.29, 0.717) is 10.7 Å². The van der Waals surface area contributed by atoms with Crippen LogP contribution in [0, 0.1) is 0 Å². The lowest BCUT2D eigenvalue weighted by molar-refractivity contribution is 0.706. The summed E-state index contributed by atoms with van der Waals surface area (Å²) in [6.07, 6.45) is 3.22. The van der Waals surface area contributed by atoms with E-state index in [9.17, 15) is 4.79 Å². The molecule has 1 atom stereocenters. The van der Waals surface area contributed by atoms with E-state index in [1.807, 2.05) is 36.4 Å². The molecule has 0 radical (unpaired) electrons. The zero-order chi connectivity index (χ0) is 17.1. The van der Waals surface area contributed by atoms with Crippen LogP contribution in [0.15, 0.2) is 59.7 Å². The number of anilines is 1. The predicted molar refractivity (Wildman–Crippen MR) is 95.6 cm³/mol. The van der Waals surface area contributed by atoms with Gasteiger partial charge in [-0.1, -0.05) is 41.4 Å². The maximum atomic E-state index is 12.0. The molecule has 3 aromatic rings. The van der Waals surface area contributed by atoms with Gasteiger partial charge in [0.2, 0.25) is 0 Å². The first kappa shape index (κ1) is 16.5. The Kier molecular flexibility index (Phi) is 4.83. The van der Waals surface area contributed by atoms with Gasteiger partial charge in [0, 0.05) is 18.3 Å². The molecule has 3 rings (SSSR count). The fraction of sp³-hybridized carbons (Fsp3) is 0.118. The minimum atomic E-state index is -0.368. The second kappa shape index (κ2) is 7.03. The van der Waals surface area contributed by atoms with Crippen molar-refractivity contribution in [3.63, 3.8) is 0 Å². The number of pyridine rings is 1. The molecule has 0 aliphatic heterocycles. The third kappa shape index (κ3) is 3.42. The Morgan fingerprint density at radius 1 is 1.17 bits per heavy atom. The third-order valence-electron chi connectivity index (χ3n) is 3.54. The van der Waals surface area contributed by atoms with E-state index in [1.54, 1.807) is 19.3 Å². The molecule has 0 spiro atoms. The minimum Gasteiger partial charge on any atom is -0.370 e. The quantitative estimate of drug-likeness (QED) is 0.770. The van der Waals surface area contributed by atoms with Crippen LogP contribution in [0.3, 0.4) is 0 Å². The van der Waals surface area contributed by atoms with Gasteiger partial charge in [-0.15, -0.1) is 0 Å². The van der Waals surface area contributed by atoms with E-state index in [0.717, 1.165) is 11.3 Å². The number of rotatable bonds is 4. The highest BCUT2D eigenvalue weighted by atomic mass is 35.5. The van der Waals surface area contributed by atoms with Crippen molar-refractivity contribution in [3.05, 3.63) is 86.5 Å². The van der Waals surface area contributed by atoms with Crippen molar-refractivity contribution >= 4 is 28.9 Å². The van der Waals surface area contributed by atoms with Gasteiger partial charge >= 0.3 is 0 Å². The van der Waals surface area contributed by atoms with E-state index in [1.165, 1.54) is 10.9 Å². The van der Waals surface area contributed by atoms with Gasteiger partial charge in [-0.05, 0) is 29.8 Å². The molecule has 122 valence electrons. The van der Waals surface area contributed by atoms with Crippen molar-refractivity contribution in [2.24, 2.45) is 7.05 Å². The molecule has 2 aromatic heterocycles. The van der Waals surface area contributed by atoms with Crippen molar-refractivity contribution in [2.45, 2.75) is 6.04 Å². The number of hydrogen-bond acceptors (Lipinski definition) is 4. The smallest absolute Gasteiger partial charge is 0.287 e. The lowest BCUT2D eigenvalue weighted by Crippen LogP contribution is -2.22. The van der Waals surface area contributed by atoms with E-state index >= 15 is 0 Å². The Bertz CT molecular complexity index is 912. The van der Waals surface area contributed by atoms with Crippen LogP contribution in [-0.2, 0) is 7.05 Å². The van der Waals surface area contributed by atoms with Crippen LogP contribution in [0.1, 0.15) is 17.3 Å². The van der Waals surface area contributed by atoms with Crippen molar-refractivity contribution in [1.82, 2.24) is 14.8 Å². The Balaban J connectivity index is 2.06. The molecule has 0 aliphatic rings. The maximum Gasteiger partial charge on any atom is 0.287 e. The molecule has 0 bridgehead atoms. The summed E-state index contributed by atoms with van der Waals surface area (Å²) in [5.74, 6) is 0. The fourth-order valence-corrected chi connectivity index (χ4v) is 2.75. The Morgan fingerprint density at radius 3 is 2.71 bits per heavy atom. The van der Waals surface area contributed by atoms with E-state index in [-0.39, 0.29) is 16.6 Å². The van der Waals surface area contributed by atoms with Gasteiger partial charge in [-0.3, -0.25) is 9.78 Å². The first-order chi connectivity index (χ1) is 11.6. The van der Waals surface area contributed by atoms with Crippen LogP contribution >= 0.6 is 23.2 Å². The zero-order valence-electron chi connectivity index (χ0n) is 12.8. The Morgan fingerprint density at radius 2 is 2.00 bits per heavy atom. The molecule has 1 aromatic carbocycles. The number of aryl methyl sites for hydroxylation is 1. The van der Waals surface area contributed by atoms with Crippen LogP contribution in [0.25, 0.3) is 0 Å². The highest BCUT2D eigenvalue weighted by Crippen LogP contribution is 2.28. The molecule has 0 fully saturated rings. The van der Waals surface area contributed by atoms with Gasteiger partial charge in [0.15, 0.2) is 0 Å². The van der Waals surface area contributed by atoms with Gasteiger partial charge in [0.1, 0.15) is 5.02 Å². The first-order valence-electron chi connectivity index (χ1n) is 7.21. The molecule has 5 nitrogen and oxygen atoms in total. The number of benzene rings is 1. The molecule has 0 amide bonds. The van der Waals surface area contributed by atoms with Crippen molar-refractivity contribution in [1.29, 1.82) is 0 Å². The molecule has 1 N–H and O–H groups in total. The highest BCUT2D eigenvalue weighted by Gasteiger charge is 2.18. The molecule has 0 saturated carbocycles. The summed E-state index contributed by atoms with van der Waals surface area (Å²) >= 11 is 12.3. The van der Waals surface area contributed by atoms with Crippen molar-refractivity contribution < 1.29 is 0 Å². The summed E-state index contributed by atoms with van der Waals surface area (Å²) in [6.45, 7) is 0. The monoisotopic (exact) mass is 360 g/mol. The summed E-state index contributed by atoms with van der Waals surface area (Å²) in [4.78, 5) is 16.4. The van der Waals surface area contributed by atoms with E-state index in [2.05, 4.69) is 15.4 Å². The van der Waals surface area contributed by atoms with Crippen molar-refractivity contribution in [2.75, 3.05) is 5.32 Å². The van der Waals surface area contributed by atoms with E-state index < -0.39 is 0 Å². The number of hydrogen-bond donors (Lipinski definition) is 1. The average molecular weight is 361 g/mol. The largest absolute Gasteiger partial charge is 0.370 e. The van der Waals surface area contributed by atoms with Crippen LogP contribution in [0.5, 0.6) is 0 Å². The summed E-state index contributed by atoms with van der Waals surface area (Å²) in [5.41, 5.74) is 1.75. The Hall–Kier alpha value is -2.37. The van der Waals surface area contributed by atoms with Crippen molar-refractivity contribution in [3.8, 4) is 0 Å². The van der Waals surface area contributed by atoms with Gasteiger partial charge in [0.05, 0.1) is 23.6 Å².